The van der Waals surface area contributed by atoms with E-state index in [9.17, 15) is 38.7 Å². The van der Waals surface area contributed by atoms with Crippen molar-refractivity contribution in [2.45, 2.75) is 148 Å². The van der Waals surface area contributed by atoms with Crippen LogP contribution >= 0.6 is 11.8 Å². The highest BCUT2D eigenvalue weighted by atomic mass is 32.2. The average Bonchev–Trinajstić information content (AvgIpc) is 3.14. The summed E-state index contributed by atoms with van der Waals surface area (Å²) in [6.07, 6.45) is 7.74. The van der Waals surface area contributed by atoms with Gasteiger partial charge < -0.3 is 53.7 Å². The van der Waals surface area contributed by atoms with E-state index in [1.54, 1.807) is 7.05 Å². The van der Waals surface area contributed by atoms with Gasteiger partial charge in [-0.15, -0.1) is 0 Å². The molecule has 0 aliphatic heterocycles. The SMILES string of the molecule is CC(C)C(=O)CCC(N)C=O.CCC(C)C(NC)C(=O)NC(CCCCN)C(=O)NC(CCCCN)C(=O)NC(CC(C)C)C(=O)NC(CCSC)C(=O)O. The van der Waals surface area contributed by atoms with Crippen molar-refractivity contribution in [3.05, 3.63) is 0 Å². The topological polar surface area (TPSA) is 278 Å². The minimum absolute atomic E-state index is 0.0126. The van der Waals surface area contributed by atoms with Crippen LogP contribution in [0.2, 0.25) is 0 Å². The first-order chi connectivity index (χ1) is 25.9. The molecule has 7 unspecified atom stereocenters. The Kier molecular flexibility index (Phi) is 31.4. The smallest absolute Gasteiger partial charge is 0.326 e. The lowest BCUT2D eigenvalue weighted by Crippen LogP contribution is -2.59. The number of Topliss-reactive ketones (excluding diaryl/α,β-unsaturated/α-hetero) is 1. The summed E-state index contributed by atoms with van der Waals surface area (Å²) in [5, 5.41) is 23.6. The molecule has 17 heteroatoms. The van der Waals surface area contributed by atoms with Crippen LogP contribution in [0.5, 0.6) is 0 Å². The molecule has 12 N–H and O–H groups in total. The normalized spacial score (nSPS) is 14.9. The van der Waals surface area contributed by atoms with Gasteiger partial charge in [-0.05, 0) is 102 Å². The van der Waals surface area contributed by atoms with E-state index in [-0.39, 0.29) is 48.7 Å². The van der Waals surface area contributed by atoms with Crippen molar-refractivity contribution in [1.29, 1.82) is 0 Å². The first-order valence-corrected chi connectivity index (χ1v) is 21.1. The monoisotopic (exact) mass is 803 g/mol. The molecule has 0 aromatic rings. The standard InChI is InChI=1S/C30H59N7O6S.C8H15NO2/c1-7-20(4)25(33-5)29(41)35-22(13-9-11-16-32)26(38)34-21(12-8-10-15-31)27(39)37-24(18-19(2)3)28(40)36-23(30(42)43)14-17-44-6;1-6(2)8(11)4-3-7(9)5-10/h19-25,33H,7-18,31-32H2,1-6H3,(H,34,38)(H,35,41)(H,36,40)(H,37,39)(H,42,43);5-7H,3-4,9H2,1-2H3. The number of unbranched alkanes of at least 4 members (excludes halogenated alkanes) is 2. The third-order valence-electron chi connectivity index (χ3n) is 9.07. The maximum atomic E-state index is 13.6. The van der Waals surface area contributed by atoms with Crippen molar-refractivity contribution in [3.63, 3.8) is 0 Å². The van der Waals surface area contributed by atoms with Crippen LogP contribution in [0.25, 0.3) is 0 Å². The number of carboxylic acid groups (broad SMARTS) is 1. The molecule has 0 aliphatic rings. The number of likely N-dealkylation sites (N-methyl/N-ethyl adjacent to an activating group) is 1. The molecule has 7 atom stereocenters. The van der Waals surface area contributed by atoms with E-state index < -0.39 is 59.9 Å². The van der Waals surface area contributed by atoms with Gasteiger partial charge in [0.15, 0.2) is 0 Å². The quantitative estimate of drug-likeness (QED) is 0.0366. The molecule has 0 spiro atoms. The van der Waals surface area contributed by atoms with Crippen molar-refractivity contribution in [2.75, 3.05) is 32.1 Å². The Morgan fingerprint density at radius 1 is 0.709 bits per heavy atom. The summed E-state index contributed by atoms with van der Waals surface area (Å²) in [7, 11) is 1.70. The van der Waals surface area contributed by atoms with Crippen molar-refractivity contribution >= 4 is 53.4 Å². The molecular weight excluding hydrogens is 729 g/mol. The number of amides is 4. The molecule has 0 aromatic heterocycles. The number of aldehydes is 1. The van der Waals surface area contributed by atoms with Crippen LogP contribution in [0.4, 0.5) is 0 Å². The summed E-state index contributed by atoms with van der Waals surface area (Å²) in [6, 6.07) is -4.93. The number of carbonyl (C=O) groups excluding carboxylic acids is 6. The molecule has 0 aromatic carbocycles. The molecule has 0 fully saturated rings. The number of hydrogen-bond donors (Lipinski definition) is 9. The zero-order chi connectivity index (χ0) is 42.5. The summed E-state index contributed by atoms with van der Waals surface area (Å²) in [4.78, 5) is 86.2. The van der Waals surface area contributed by atoms with Crippen LogP contribution in [-0.2, 0) is 33.6 Å². The van der Waals surface area contributed by atoms with Crippen LogP contribution in [-0.4, -0.2) is 115 Å². The van der Waals surface area contributed by atoms with E-state index in [0.29, 0.717) is 70.1 Å². The third-order valence-corrected chi connectivity index (χ3v) is 9.72. The Hall–Kier alpha value is -3.12. The van der Waals surface area contributed by atoms with Gasteiger partial charge in [0.1, 0.15) is 36.2 Å². The molecular formula is C38H74N8O8S. The summed E-state index contributed by atoms with van der Waals surface area (Å²) >= 11 is 1.47. The van der Waals surface area contributed by atoms with Gasteiger partial charge in [0.25, 0.3) is 0 Å². The summed E-state index contributed by atoms with van der Waals surface area (Å²) < 4.78 is 0. The Labute approximate surface area is 333 Å². The number of carbonyl (C=O) groups is 7. The fourth-order valence-corrected chi connectivity index (χ4v) is 5.84. The van der Waals surface area contributed by atoms with E-state index >= 15 is 0 Å². The number of nitrogens with one attached hydrogen (secondary N) is 5. The second-order valence-electron chi connectivity index (χ2n) is 14.7. The van der Waals surface area contributed by atoms with Gasteiger partial charge in [0.05, 0.1) is 12.1 Å². The van der Waals surface area contributed by atoms with Crippen molar-refractivity contribution in [2.24, 2.45) is 35.0 Å². The zero-order valence-corrected chi connectivity index (χ0v) is 35.4. The van der Waals surface area contributed by atoms with Crippen LogP contribution in [0.15, 0.2) is 0 Å². The molecule has 0 radical (unpaired) electrons. The Morgan fingerprint density at radius 2 is 1.18 bits per heavy atom. The summed E-state index contributed by atoms with van der Waals surface area (Å²) in [6.45, 7) is 12.3. The zero-order valence-electron chi connectivity index (χ0n) is 34.6. The van der Waals surface area contributed by atoms with Gasteiger partial charge >= 0.3 is 5.97 Å². The van der Waals surface area contributed by atoms with Crippen molar-refractivity contribution < 1.29 is 38.7 Å². The van der Waals surface area contributed by atoms with Crippen LogP contribution in [0.1, 0.15) is 112 Å². The first kappa shape index (κ1) is 54.0. The number of rotatable bonds is 30. The fraction of sp³-hybridized carbons (Fsp3) is 0.816. The predicted molar refractivity (Wildman–Crippen MR) is 219 cm³/mol. The highest BCUT2D eigenvalue weighted by Crippen LogP contribution is 2.12. The van der Waals surface area contributed by atoms with Crippen LogP contribution < -0.4 is 43.8 Å². The first-order valence-electron chi connectivity index (χ1n) is 19.7. The van der Waals surface area contributed by atoms with E-state index in [1.165, 1.54) is 11.8 Å². The fourth-order valence-electron chi connectivity index (χ4n) is 5.37. The van der Waals surface area contributed by atoms with Crippen molar-refractivity contribution in [1.82, 2.24) is 26.6 Å². The summed E-state index contributed by atoms with van der Waals surface area (Å²) in [5.41, 5.74) is 16.6. The van der Waals surface area contributed by atoms with Gasteiger partial charge in [-0.2, -0.15) is 11.8 Å². The summed E-state index contributed by atoms with van der Waals surface area (Å²) in [5.74, 6) is -2.30. The molecule has 0 rings (SSSR count). The number of hydrogen-bond acceptors (Lipinski definition) is 12. The Balaban J connectivity index is 0. The number of thioether (sulfide) groups is 1. The molecule has 55 heavy (non-hydrogen) atoms. The highest BCUT2D eigenvalue weighted by Gasteiger charge is 2.32. The van der Waals surface area contributed by atoms with Crippen LogP contribution in [0, 0.1) is 17.8 Å². The van der Waals surface area contributed by atoms with E-state index in [4.69, 9.17) is 17.2 Å². The third kappa shape index (κ3) is 24.9. The van der Waals surface area contributed by atoms with E-state index in [1.807, 2.05) is 47.8 Å². The van der Waals surface area contributed by atoms with Gasteiger partial charge in [-0.1, -0.05) is 48.0 Å². The minimum atomic E-state index is -1.15. The highest BCUT2D eigenvalue weighted by molar-refractivity contribution is 7.98. The molecule has 16 nitrogen and oxygen atoms in total. The van der Waals surface area contributed by atoms with Gasteiger partial charge in [-0.25, -0.2) is 4.79 Å². The maximum Gasteiger partial charge on any atom is 0.326 e. The number of nitrogens with two attached hydrogens (primary N) is 3. The Bertz CT molecular complexity index is 1150. The van der Waals surface area contributed by atoms with Gasteiger partial charge in [-0.3, -0.25) is 24.0 Å². The lowest BCUT2D eigenvalue weighted by atomic mass is 9.97. The lowest BCUT2D eigenvalue weighted by Gasteiger charge is -2.28. The predicted octanol–water partition coefficient (Wildman–Crippen LogP) is 1.22. The maximum absolute atomic E-state index is 13.6. The largest absolute Gasteiger partial charge is 0.480 e. The molecule has 0 bridgehead atoms. The number of carboxylic acids is 1. The number of ketones is 1. The molecule has 0 aliphatic carbocycles. The molecule has 0 saturated heterocycles. The number of aliphatic carboxylic acids is 1. The van der Waals surface area contributed by atoms with Gasteiger partial charge in [0.2, 0.25) is 23.6 Å². The van der Waals surface area contributed by atoms with Crippen LogP contribution in [0.3, 0.4) is 0 Å². The molecule has 4 amide bonds. The second-order valence-corrected chi connectivity index (χ2v) is 15.7. The van der Waals surface area contributed by atoms with Crippen molar-refractivity contribution in [3.8, 4) is 0 Å². The Morgan fingerprint density at radius 3 is 1.58 bits per heavy atom. The van der Waals surface area contributed by atoms with E-state index in [0.717, 1.165) is 6.42 Å². The lowest BCUT2D eigenvalue weighted by molar-refractivity contribution is -0.142. The second kappa shape index (κ2) is 32.0. The molecule has 0 saturated carbocycles. The van der Waals surface area contributed by atoms with E-state index in [2.05, 4.69) is 26.6 Å². The molecule has 0 heterocycles. The van der Waals surface area contributed by atoms with Gasteiger partial charge in [0, 0.05) is 12.3 Å². The minimum Gasteiger partial charge on any atom is -0.480 e. The molecule has 320 valence electrons. The average molecular weight is 803 g/mol.